The summed E-state index contributed by atoms with van der Waals surface area (Å²) in [6, 6.07) is 11.6. The van der Waals surface area contributed by atoms with Gasteiger partial charge in [-0.2, -0.15) is 0 Å². The van der Waals surface area contributed by atoms with Gasteiger partial charge >= 0.3 is 24.4 Å². The van der Waals surface area contributed by atoms with Crippen LogP contribution in [0.25, 0.3) is 0 Å². The predicted molar refractivity (Wildman–Crippen MR) is 495 cm³/mol. The molecule has 16 heterocycles. The van der Waals surface area contributed by atoms with Crippen LogP contribution in [0.1, 0.15) is 191 Å². The largest absolute Gasteiger partial charge is 0.444 e. The number of nitrogens with two attached hydrogens (primary N) is 3. The van der Waals surface area contributed by atoms with Crippen molar-refractivity contribution in [2.45, 2.75) is 194 Å². The second kappa shape index (κ2) is 39.6. The van der Waals surface area contributed by atoms with Crippen molar-refractivity contribution in [2.75, 3.05) is 96.1 Å². The summed E-state index contributed by atoms with van der Waals surface area (Å²) in [6.45, 7) is 25.4. The van der Waals surface area contributed by atoms with Crippen molar-refractivity contribution in [3.05, 3.63) is 163 Å². The van der Waals surface area contributed by atoms with E-state index in [2.05, 4.69) is 114 Å². The number of hydrogen-bond acceptors (Lipinski definition) is 32. The molecule has 4 saturated heterocycles. The van der Waals surface area contributed by atoms with E-state index >= 15 is 0 Å². The molecule has 0 atom stereocenters. The van der Waals surface area contributed by atoms with E-state index in [1.165, 1.54) is 92.1 Å². The minimum absolute atomic E-state index is 0. The molecule has 704 valence electrons. The molecule has 49 heteroatoms. The van der Waals surface area contributed by atoms with Crippen LogP contribution in [0.3, 0.4) is 0 Å². The summed E-state index contributed by atoms with van der Waals surface area (Å²) >= 11 is 28.4. The number of carbonyl (C=O) groups excluding carboxylic acids is 8. The van der Waals surface area contributed by atoms with Crippen LogP contribution in [0.15, 0.2) is 97.5 Å². The number of likely N-dealkylation sites (tertiary alicyclic amines) is 2. The van der Waals surface area contributed by atoms with E-state index in [1.54, 1.807) is 72.1 Å². The first-order chi connectivity index (χ1) is 60.5. The third-order valence-corrected chi connectivity index (χ3v) is 22.4. The van der Waals surface area contributed by atoms with E-state index in [-0.39, 0.29) is 164 Å². The van der Waals surface area contributed by atoms with Gasteiger partial charge in [-0.25, -0.2) is 59.0 Å². The Hall–Kier alpha value is -12.6. The molecule has 17 N–H and O–H groups in total. The Bertz CT molecular complexity index is 5850. The summed E-state index contributed by atoms with van der Waals surface area (Å²) < 4.78 is 27.1. The minimum Gasteiger partial charge on any atom is -0.444 e. The summed E-state index contributed by atoms with van der Waals surface area (Å²) in [4.78, 5) is 185. The fourth-order valence-electron chi connectivity index (χ4n) is 15.3. The van der Waals surface area contributed by atoms with Crippen LogP contribution in [0, 0.1) is 0 Å². The van der Waals surface area contributed by atoms with Gasteiger partial charge in [-0.1, -0.05) is 61.3 Å². The van der Waals surface area contributed by atoms with Crippen LogP contribution in [0.5, 0.6) is 0 Å². The molecular weight excluding hydrogens is 1850 g/mol. The number of amides is 8. The summed E-state index contributed by atoms with van der Waals surface area (Å²) in [5, 5.41) is 32.6. The molecule has 0 unspecified atom stereocenters. The first-order valence-electron chi connectivity index (χ1n) is 40.5. The van der Waals surface area contributed by atoms with E-state index < -0.39 is 80.9 Å². The average molecular weight is 1960 g/mol. The number of hydrogen-bond donors (Lipinski definition) is 14. The Balaban J connectivity index is 0.000000174. The molecule has 0 bridgehead atoms. The molecule has 16 rings (SSSR count). The van der Waals surface area contributed by atoms with Gasteiger partial charge in [0.25, 0.3) is 45.9 Å². The summed E-state index contributed by atoms with van der Waals surface area (Å²) in [5.41, 5.74) is 10.5. The predicted octanol–water partition coefficient (Wildman–Crippen LogP) is 9.97. The van der Waals surface area contributed by atoms with Crippen molar-refractivity contribution in [3.63, 3.8) is 0 Å². The van der Waals surface area contributed by atoms with Gasteiger partial charge in [0.05, 0.1) is 24.6 Å². The van der Waals surface area contributed by atoms with Crippen LogP contribution < -0.4 is 97.9 Å². The maximum Gasteiger partial charge on any atom is 0.413 e. The number of nitrogens with one attached hydrogen (secondary N) is 11. The van der Waals surface area contributed by atoms with Crippen molar-refractivity contribution in [1.29, 1.82) is 0 Å². The van der Waals surface area contributed by atoms with Gasteiger partial charge in [0.15, 0.2) is 0 Å². The first kappa shape index (κ1) is 101. The normalized spacial score (nSPS) is 16.6. The van der Waals surface area contributed by atoms with Crippen LogP contribution in [0.2, 0.25) is 20.1 Å². The van der Waals surface area contributed by atoms with Gasteiger partial charge in [0, 0.05) is 102 Å². The number of halogens is 5. The fourth-order valence-corrected chi connectivity index (χ4v) is 16.9. The molecule has 4 spiro atoms. The SMILES string of the molecule is C.C.CC(C)(C)OC(=O)N1CCC2(CC1)NC(=O)c1c(Cl)cc(Br)c(=O)n12.CC(C)(C)OC(=O)Nc1cc(N)ncn1.CC(C)(C)OC(=O)Nc1cc(Nc2cc(Cl)c3n(c2=O)C2(CCN(C(=O)OC(C)(C)C)CC2)NC3=O)ncn1.Nc1cc(Nc2cc(Cl)c3n(c2=O)C2(CCNCC2)NC3=O)ncn1.Nc1cc(Nc2cc(Cl)c3n(c2=O)C2(CCNCC2)NC3=O)ncn1. The first-order valence-corrected chi connectivity index (χ1v) is 42.8. The molecule has 8 aliphatic heterocycles. The third kappa shape index (κ3) is 23.3. The molecule has 131 heavy (non-hydrogen) atoms. The van der Waals surface area contributed by atoms with Crippen molar-refractivity contribution in [2.24, 2.45) is 0 Å². The number of pyridine rings is 4. The second-order valence-electron chi connectivity index (χ2n) is 34.8. The lowest BCUT2D eigenvalue weighted by Crippen LogP contribution is -2.56. The zero-order chi connectivity index (χ0) is 94.0. The molecule has 44 nitrogen and oxygen atoms in total. The highest BCUT2D eigenvalue weighted by molar-refractivity contribution is 9.10. The molecule has 8 aliphatic rings. The highest BCUT2D eigenvalue weighted by atomic mass is 79.9. The highest BCUT2D eigenvalue weighted by Gasteiger charge is 2.52. The number of anilines is 11. The summed E-state index contributed by atoms with van der Waals surface area (Å²) in [7, 11) is 0. The monoisotopic (exact) mass is 1960 g/mol. The van der Waals surface area contributed by atoms with Crippen LogP contribution >= 0.6 is 62.3 Å². The van der Waals surface area contributed by atoms with Gasteiger partial charge in [-0.3, -0.25) is 67.3 Å². The van der Waals surface area contributed by atoms with Gasteiger partial charge in [0.2, 0.25) is 0 Å². The van der Waals surface area contributed by atoms with E-state index in [9.17, 15) is 57.5 Å². The smallest absolute Gasteiger partial charge is 0.413 e. The van der Waals surface area contributed by atoms with E-state index in [0.29, 0.717) is 99.7 Å². The van der Waals surface area contributed by atoms with Gasteiger partial charge in [0.1, 0.15) is 157 Å². The van der Waals surface area contributed by atoms with Gasteiger partial charge in [-0.05, 0) is 149 Å². The van der Waals surface area contributed by atoms with E-state index in [0.717, 1.165) is 0 Å². The molecule has 4 fully saturated rings. The number of carbonyl (C=O) groups is 8. The molecule has 0 aliphatic carbocycles. The maximum atomic E-state index is 13.7. The summed E-state index contributed by atoms with van der Waals surface area (Å²) in [6.07, 6.45) is 6.72. The van der Waals surface area contributed by atoms with E-state index in [4.69, 9.17) is 82.6 Å². The molecule has 8 aromatic rings. The standard InChI is InChI=1S/C25H32ClN7O6.C16H19BrClN3O4.2C15H16ClN7O2.C9H14N4O2.2CH4/c1-23(2,3)38-21(36)30-17-12-16(27-13-28-17)29-15-11-14(26)18-19(34)31-25(33(18)20(15)35)7-9-32(10-8-25)22(37)39-24(4,5)6;1-15(2,3)25-14(24)20-6-4-16(5-7-20)19-12(22)11-10(18)8-9(17)13(23)21(11)16;2*16-8-5-9(21-11-6-10(17)19-7-20-11)14(25)23-12(8)13(24)22-15(23)1-3-18-4-2-15;1-9(2,3)15-8(14)13-7-4-6(10)11-5-12-7;;/h11-13H,7-10H2,1-6H3,(H,31,34)(H2,27,28,29,30,36);8H,4-7H2,1-3H3,(H,19,22);2*5-7,18H,1-4H2,(H,22,24)(H3,17,19,20,21);4-5H,1-3H3,(H3,10,11,12,13,14);2*1H4. The van der Waals surface area contributed by atoms with Gasteiger partial charge < -0.3 is 93.8 Å². The van der Waals surface area contributed by atoms with Crippen molar-refractivity contribution in [1.82, 2.24) is 99.8 Å². The Kier molecular flexibility index (Phi) is 30.4. The Morgan fingerprint density at radius 1 is 0.366 bits per heavy atom. The Morgan fingerprint density at radius 3 is 0.916 bits per heavy atom. The minimum atomic E-state index is -1.06. The number of piperidine rings is 4. The van der Waals surface area contributed by atoms with Crippen LogP contribution in [0.4, 0.5) is 82.8 Å². The number of fused-ring (bicyclic) bond motifs is 8. The number of aromatic nitrogens is 12. The highest BCUT2D eigenvalue weighted by Crippen LogP contribution is 2.41. The number of nitrogens with zero attached hydrogens (tertiary/aromatic N) is 14. The number of rotatable bonds is 8. The maximum absolute atomic E-state index is 13.7. The molecule has 0 aromatic carbocycles. The zero-order valence-electron chi connectivity index (χ0n) is 72.2. The summed E-state index contributed by atoms with van der Waals surface area (Å²) in [5.74, 6) is 0.744. The lowest BCUT2D eigenvalue weighted by molar-refractivity contribution is 0.00821. The zero-order valence-corrected chi connectivity index (χ0v) is 76.8. The second-order valence-corrected chi connectivity index (χ2v) is 37.3. The van der Waals surface area contributed by atoms with Crippen LogP contribution in [-0.4, -0.2) is 191 Å². The Labute approximate surface area is 779 Å². The lowest BCUT2D eigenvalue weighted by Gasteiger charge is -2.40. The Morgan fingerprint density at radius 2 is 0.618 bits per heavy atom. The molecule has 8 aromatic heterocycles. The quantitative estimate of drug-likeness (QED) is 0.0629. The topological polar surface area (TPSA) is 581 Å². The van der Waals surface area contributed by atoms with E-state index in [1.807, 2.05) is 20.8 Å². The van der Waals surface area contributed by atoms with Crippen molar-refractivity contribution >= 4 is 174 Å². The lowest BCUT2D eigenvalue weighted by atomic mass is 9.97. The average Bonchev–Trinajstić information content (AvgIpc) is 1.59. The van der Waals surface area contributed by atoms with Crippen molar-refractivity contribution in [3.8, 4) is 0 Å². The van der Waals surface area contributed by atoms with Gasteiger partial charge in [-0.15, -0.1) is 0 Å². The molecule has 8 amide bonds. The molecule has 0 radical (unpaired) electrons. The number of ether oxygens (including phenoxy) is 4. The third-order valence-electron chi connectivity index (χ3n) is 20.7. The molecule has 0 saturated carbocycles. The molecular formula is C82H105BrCl4N28O16. The van der Waals surface area contributed by atoms with Crippen LogP contribution in [-0.2, 0) is 41.6 Å². The number of nitrogen functional groups attached to an aromatic ring is 3. The fraction of sp³-hybridized carbons (Fsp3) is 0.463. The van der Waals surface area contributed by atoms with Crippen molar-refractivity contribution < 1.29 is 57.3 Å².